The summed E-state index contributed by atoms with van der Waals surface area (Å²) in [6, 6.07) is 13.9. The monoisotopic (exact) mass is 371 g/mol. The van der Waals surface area contributed by atoms with Crippen molar-refractivity contribution in [2.24, 2.45) is 10.8 Å². The molecule has 0 aliphatic carbocycles. The number of ether oxygens (including phenoxy) is 2. The molecule has 0 spiro atoms. The van der Waals surface area contributed by atoms with Crippen molar-refractivity contribution in [2.45, 2.75) is 26.7 Å². The zero-order chi connectivity index (χ0) is 18.9. The lowest BCUT2D eigenvalue weighted by Gasteiger charge is -2.15. The Morgan fingerprint density at radius 2 is 1.96 bits per heavy atom. The number of benzene rings is 2. The first-order valence-electron chi connectivity index (χ1n) is 8.50. The Balaban J connectivity index is 1.88. The van der Waals surface area contributed by atoms with Gasteiger partial charge in [-0.2, -0.15) is 5.10 Å². The Morgan fingerprint density at radius 1 is 1.19 bits per heavy atom. The van der Waals surface area contributed by atoms with Crippen molar-refractivity contribution < 1.29 is 9.47 Å². The molecular weight excluding hydrogens is 346 g/mol. The highest BCUT2D eigenvalue weighted by atomic mass is 32.1. The van der Waals surface area contributed by atoms with E-state index in [0.29, 0.717) is 19.1 Å². The summed E-state index contributed by atoms with van der Waals surface area (Å²) in [7, 11) is 0. The van der Waals surface area contributed by atoms with E-state index in [1.165, 1.54) is 11.1 Å². The maximum absolute atomic E-state index is 5.93. The lowest BCUT2D eigenvalue weighted by molar-refractivity contribution is 0.215. The lowest BCUT2D eigenvalue weighted by Crippen LogP contribution is -2.23. The molecule has 0 aliphatic heterocycles. The minimum Gasteiger partial charge on any atom is -0.490 e. The van der Waals surface area contributed by atoms with Gasteiger partial charge < -0.3 is 15.2 Å². The van der Waals surface area contributed by atoms with Gasteiger partial charge in [-0.15, -0.1) is 0 Å². The molecule has 0 bridgehead atoms. The fraction of sp³-hybridized carbons (Fsp3) is 0.300. The Kier molecular flexibility index (Phi) is 7.41. The molecular formula is C20H25N3O2S. The fourth-order valence-electron chi connectivity index (χ4n) is 2.41. The van der Waals surface area contributed by atoms with Crippen LogP contribution in [0.15, 0.2) is 47.6 Å². The van der Waals surface area contributed by atoms with Gasteiger partial charge in [0.1, 0.15) is 24.7 Å². The van der Waals surface area contributed by atoms with E-state index in [1.54, 1.807) is 6.21 Å². The lowest BCUT2D eigenvalue weighted by atomic mass is 10.0. The first-order valence-corrected chi connectivity index (χ1v) is 8.91. The summed E-state index contributed by atoms with van der Waals surface area (Å²) in [6.07, 6.45) is 1.63. The van der Waals surface area contributed by atoms with E-state index in [-0.39, 0.29) is 5.11 Å². The van der Waals surface area contributed by atoms with E-state index in [0.717, 1.165) is 17.1 Å². The van der Waals surface area contributed by atoms with Crippen LogP contribution in [0.5, 0.6) is 11.5 Å². The summed E-state index contributed by atoms with van der Waals surface area (Å²) < 4.78 is 11.7. The van der Waals surface area contributed by atoms with Crippen LogP contribution < -0.4 is 20.6 Å². The van der Waals surface area contributed by atoms with Crippen LogP contribution in [0.25, 0.3) is 0 Å². The van der Waals surface area contributed by atoms with Crippen molar-refractivity contribution in [3.63, 3.8) is 0 Å². The summed E-state index contributed by atoms with van der Waals surface area (Å²) in [5, 5.41) is 4.06. The predicted molar refractivity (Wildman–Crippen MR) is 110 cm³/mol. The molecule has 0 radical (unpaired) electrons. The zero-order valence-corrected chi connectivity index (χ0v) is 16.2. The van der Waals surface area contributed by atoms with Gasteiger partial charge in [0.05, 0.1) is 6.21 Å². The van der Waals surface area contributed by atoms with Crippen LogP contribution in [0, 0.1) is 6.92 Å². The van der Waals surface area contributed by atoms with Gasteiger partial charge in [-0.05, 0) is 59.9 Å². The number of nitrogens with zero attached hydrogens (tertiary/aromatic N) is 1. The minimum atomic E-state index is 0.128. The van der Waals surface area contributed by atoms with Gasteiger partial charge in [-0.3, -0.25) is 5.43 Å². The van der Waals surface area contributed by atoms with Gasteiger partial charge in [0.15, 0.2) is 5.11 Å². The molecule has 5 nitrogen and oxygen atoms in total. The van der Waals surface area contributed by atoms with Crippen LogP contribution in [-0.2, 0) is 0 Å². The van der Waals surface area contributed by atoms with E-state index in [2.05, 4.69) is 49.5 Å². The summed E-state index contributed by atoms with van der Waals surface area (Å²) in [6.45, 7) is 7.31. The fourth-order valence-corrected chi connectivity index (χ4v) is 2.46. The largest absolute Gasteiger partial charge is 0.490 e. The zero-order valence-electron chi connectivity index (χ0n) is 15.4. The van der Waals surface area contributed by atoms with Gasteiger partial charge in [0.25, 0.3) is 0 Å². The van der Waals surface area contributed by atoms with Gasteiger partial charge in [-0.1, -0.05) is 38.1 Å². The summed E-state index contributed by atoms with van der Waals surface area (Å²) in [5.74, 6) is 2.09. The normalized spacial score (nSPS) is 10.9. The molecule has 138 valence electrons. The van der Waals surface area contributed by atoms with Crippen molar-refractivity contribution in [1.82, 2.24) is 5.43 Å². The molecule has 2 rings (SSSR count). The van der Waals surface area contributed by atoms with E-state index in [4.69, 9.17) is 27.4 Å². The maximum atomic E-state index is 5.93. The third-order valence-corrected chi connectivity index (χ3v) is 3.74. The Labute approximate surface area is 160 Å². The second-order valence-corrected chi connectivity index (χ2v) is 6.64. The third-order valence-electron chi connectivity index (χ3n) is 3.65. The van der Waals surface area contributed by atoms with Crippen molar-refractivity contribution in [1.29, 1.82) is 0 Å². The SMILES string of the molecule is Cc1ccc(C(C)C)c(OCCOc2cccc(/C=N\NC(N)=S)c2)c1. The third kappa shape index (κ3) is 6.37. The quantitative estimate of drug-likeness (QED) is 0.320. The average Bonchev–Trinajstić information content (AvgIpc) is 2.58. The van der Waals surface area contributed by atoms with E-state index >= 15 is 0 Å². The molecule has 26 heavy (non-hydrogen) atoms. The maximum Gasteiger partial charge on any atom is 0.184 e. The topological polar surface area (TPSA) is 68.9 Å². The predicted octanol–water partition coefficient (Wildman–Crippen LogP) is 3.74. The van der Waals surface area contributed by atoms with Crippen molar-refractivity contribution in [3.05, 3.63) is 59.2 Å². The molecule has 2 aromatic rings. The second kappa shape index (κ2) is 9.77. The van der Waals surface area contributed by atoms with Crippen LogP contribution in [0.2, 0.25) is 0 Å². The number of hydrogen-bond acceptors (Lipinski definition) is 4. The van der Waals surface area contributed by atoms with Crippen LogP contribution in [0.4, 0.5) is 0 Å². The van der Waals surface area contributed by atoms with Crippen LogP contribution in [0.3, 0.4) is 0 Å². The van der Waals surface area contributed by atoms with E-state index < -0.39 is 0 Å². The molecule has 0 saturated carbocycles. The molecule has 3 N–H and O–H groups in total. The first kappa shape index (κ1) is 19.7. The minimum absolute atomic E-state index is 0.128. The van der Waals surface area contributed by atoms with Gasteiger partial charge in [-0.25, -0.2) is 0 Å². The number of nitrogens with two attached hydrogens (primary N) is 1. The average molecular weight is 372 g/mol. The molecule has 0 heterocycles. The molecule has 0 aromatic heterocycles. The highest BCUT2D eigenvalue weighted by Gasteiger charge is 2.08. The molecule has 0 fully saturated rings. The van der Waals surface area contributed by atoms with Crippen LogP contribution in [0.1, 0.15) is 36.5 Å². The standard InChI is InChI=1S/C20H25N3O2S/c1-14(2)18-8-7-15(3)11-19(18)25-10-9-24-17-6-4-5-16(12-17)13-22-23-20(21)26/h4-8,11-14H,9-10H2,1-3H3,(H3,21,23,26)/b22-13-. The number of thiocarbonyl (C=S) groups is 1. The number of hydrazone groups is 1. The Bertz CT molecular complexity index is 775. The van der Waals surface area contributed by atoms with Crippen molar-refractivity contribution in [2.75, 3.05) is 13.2 Å². The molecule has 0 aliphatic rings. The van der Waals surface area contributed by atoms with Gasteiger partial charge in [0.2, 0.25) is 0 Å². The highest BCUT2D eigenvalue weighted by Crippen LogP contribution is 2.27. The summed E-state index contributed by atoms with van der Waals surface area (Å²) in [4.78, 5) is 0. The molecule has 0 amide bonds. The number of rotatable bonds is 8. The number of hydrogen-bond donors (Lipinski definition) is 2. The number of nitrogens with one attached hydrogen (secondary N) is 1. The van der Waals surface area contributed by atoms with Gasteiger partial charge in [0, 0.05) is 0 Å². The van der Waals surface area contributed by atoms with E-state index in [1.807, 2.05) is 24.3 Å². The number of aryl methyl sites for hydroxylation is 1. The summed E-state index contributed by atoms with van der Waals surface area (Å²) in [5.41, 5.74) is 11.1. The molecule has 0 unspecified atom stereocenters. The van der Waals surface area contributed by atoms with Crippen molar-refractivity contribution in [3.8, 4) is 11.5 Å². The second-order valence-electron chi connectivity index (χ2n) is 6.20. The van der Waals surface area contributed by atoms with Crippen LogP contribution in [-0.4, -0.2) is 24.5 Å². The molecule has 6 heteroatoms. The van der Waals surface area contributed by atoms with E-state index in [9.17, 15) is 0 Å². The van der Waals surface area contributed by atoms with Gasteiger partial charge >= 0.3 is 0 Å². The first-order chi connectivity index (χ1) is 12.5. The molecule has 0 saturated heterocycles. The highest BCUT2D eigenvalue weighted by molar-refractivity contribution is 7.80. The van der Waals surface area contributed by atoms with Crippen LogP contribution >= 0.6 is 12.2 Å². The Hall–Kier alpha value is -2.60. The molecule has 2 aromatic carbocycles. The van der Waals surface area contributed by atoms with Crippen molar-refractivity contribution >= 4 is 23.5 Å². The smallest absolute Gasteiger partial charge is 0.184 e. The Morgan fingerprint density at radius 3 is 2.69 bits per heavy atom. The molecule has 0 atom stereocenters. The summed E-state index contributed by atoms with van der Waals surface area (Å²) >= 11 is 4.70.